The summed E-state index contributed by atoms with van der Waals surface area (Å²) in [6.07, 6.45) is 3.06. The highest BCUT2D eigenvalue weighted by atomic mass is 16.5. The van der Waals surface area contributed by atoms with Crippen LogP contribution in [0, 0.1) is 5.92 Å². The van der Waals surface area contributed by atoms with E-state index in [4.69, 9.17) is 4.74 Å². The van der Waals surface area contributed by atoms with Crippen molar-refractivity contribution in [1.29, 1.82) is 0 Å². The Morgan fingerprint density at radius 3 is 3.06 bits per heavy atom. The molecule has 2 unspecified atom stereocenters. The van der Waals surface area contributed by atoms with Crippen LogP contribution in [0.5, 0.6) is 5.75 Å². The molecule has 1 fully saturated rings. The highest BCUT2D eigenvalue weighted by Gasteiger charge is 2.28. The summed E-state index contributed by atoms with van der Waals surface area (Å²) < 4.78 is 7.48. The Balaban J connectivity index is 2.32. The zero-order valence-electron chi connectivity index (χ0n) is 10.4. The second-order valence-electron chi connectivity index (χ2n) is 4.49. The predicted octanol–water partition coefficient (Wildman–Crippen LogP) is 1.62. The molecule has 2 rings (SSSR count). The number of piperidine rings is 1. The lowest BCUT2D eigenvalue weighted by atomic mass is 9.85. The fourth-order valence-corrected chi connectivity index (χ4v) is 2.52. The van der Waals surface area contributed by atoms with E-state index in [2.05, 4.69) is 28.9 Å². The third-order valence-electron chi connectivity index (χ3n) is 3.54. The minimum atomic E-state index is 0.520. The van der Waals surface area contributed by atoms with Crippen LogP contribution in [0.4, 0.5) is 0 Å². The van der Waals surface area contributed by atoms with Crippen LogP contribution < -0.4 is 10.1 Å². The van der Waals surface area contributed by atoms with E-state index >= 15 is 0 Å². The summed E-state index contributed by atoms with van der Waals surface area (Å²) >= 11 is 0. The molecule has 0 spiro atoms. The van der Waals surface area contributed by atoms with Crippen molar-refractivity contribution in [2.45, 2.75) is 32.7 Å². The first-order valence-electron chi connectivity index (χ1n) is 6.08. The summed E-state index contributed by atoms with van der Waals surface area (Å²) in [4.78, 5) is 0. The van der Waals surface area contributed by atoms with Gasteiger partial charge in [-0.05, 0) is 25.8 Å². The molecule has 0 aromatic carbocycles. The Kier molecular flexibility index (Phi) is 3.49. The van der Waals surface area contributed by atoms with Gasteiger partial charge in [-0.3, -0.25) is 4.68 Å². The highest BCUT2D eigenvalue weighted by Crippen LogP contribution is 2.34. The maximum atomic E-state index is 5.42. The molecule has 90 valence electrons. The fraction of sp³-hybridized carbons (Fsp3) is 0.750. The molecule has 0 saturated carbocycles. The fourth-order valence-electron chi connectivity index (χ4n) is 2.52. The molecule has 4 nitrogen and oxygen atoms in total. The van der Waals surface area contributed by atoms with E-state index in [1.165, 1.54) is 12.1 Å². The van der Waals surface area contributed by atoms with Gasteiger partial charge < -0.3 is 10.1 Å². The molecule has 1 aliphatic rings. The molecule has 16 heavy (non-hydrogen) atoms. The lowest BCUT2D eigenvalue weighted by Gasteiger charge is -2.30. The Labute approximate surface area is 97.0 Å². The van der Waals surface area contributed by atoms with Crippen molar-refractivity contribution in [2.24, 2.45) is 5.92 Å². The summed E-state index contributed by atoms with van der Waals surface area (Å²) in [5.74, 6) is 2.14. The zero-order valence-corrected chi connectivity index (χ0v) is 10.4. The van der Waals surface area contributed by atoms with E-state index in [1.807, 2.05) is 6.20 Å². The summed E-state index contributed by atoms with van der Waals surface area (Å²) in [5.41, 5.74) is 1.25. The van der Waals surface area contributed by atoms with E-state index in [0.29, 0.717) is 11.8 Å². The van der Waals surface area contributed by atoms with Crippen LogP contribution in [-0.4, -0.2) is 30.0 Å². The van der Waals surface area contributed by atoms with Gasteiger partial charge in [0.15, 0.2) is 5.75 Å². The summed E-state index contributed by atoms with van der Waals surface area (Å²) in [6, 6.07) is 0. The van der Waals surface area contributed by atoms with Crippen molar-refractivity contribution in [1.82, 2.24) is 15.1 Å². The van der Waals surface area contributed by atoms with Crippen LogP contribution in [0.15, 0.2) is 6.20 Å². The number of rotatable bonds is 3. The smallest absolute Gasteiger partial charge is 0.160 e. The van der Waals surface area contributed by atoms with Gasteiger partial charge in [-0.1, -0.05) is 6.92 Å². The molecule has 0 amide bonds. The molecular weight excluding hydrogens is 202 g/mol. The maximum absolute atomic E-state index is 5.42. The van der Waals surface area contributed by atoms with E-state index in [1.54, 1.807) is 7.11 Å². The molecule has 1 aromatic heterocycles. The van der Waals surface area contributed by atoms with Crippen LogP contribution in [-0.2, 0) is 6.54 Å². The summed E-state index contributed by atoms with van der Waals surface area (Å²) in [7, 11) is 1.72. The van der Waals surface area contributed by atoms with Gasteiger partial charge in [-0.25, -0.2) is 0 Å². The van der Waals surface area contributed by atoms with Gasteiger partial charge in [0.05, 0.1) is 19.0 Å². The van der Waals surface area contributed by atoms with Crippen molar-refractivity contribution < 1.29 is 4.74 Å². The Hall–Kier alpha value is -1.03. The normalized spacial score (nSPS) is 25.7. The number of hydrogen-bond donors (Lipinski definition) is 1. The van der Waals surface area contributed by atoms with Crippen LogP contribution in [0.3, 0.4) is 0 Å². The molecule has 4 heteroatoms. The minimum Gasteiger partial charge on any atom is -0.493 e. The van der Waals surface area contributed by atoms with E-state index in [0.717, 1.165) is 25.4 Å². The van der Waals surface area contributed by atoms with Crippen LogP contribution in [0.25, 0.3) is 0 Å². The molecule has 1 saturated heterocycles. The van der Waals surface area contributed by atoms with Gasteiger partial charge >= 0.3 is 0 Å². The first-order valence-corrected chi connectivity index (χ1v) is 6.08. The molecule has 1 aromatic rings. The average Bonchev–Trinajstić information content (AvgIpc) is 2.72. The van der Waals surface area contributed by atoms with Crippen molar-refractivity contribution in [2.75, 3.05) is 20.2 Å². The number of aromatic nitrogens is 2. The zero-order chi connectivity index (χ0) is 11.5. The molecule has 0 radical (unpaired) electrons. The molecule has 0 aliphatic carbocycles. The number of methoxy groups -OCH3 is 1. The molecule has 0 bridgehead atoms. The summed E-state index contributed by atoms with van der Waals surface area (Å²) in [6.45, 7) is 7.50. The second kappa shape index (κ2) is 4.87. The predicted molar refractivity (Wildman–Crippen MR) is 63.8 cm³/mol. The van der Waals surface area contributed by atoms with Crippen molar-refractivity contribution in [3.8, 4) is 5.75 Å². The van der Waals surface area contributed by atoms with E-state index in [-0.39, 0.29) is 0 Å². The lowest BCUT2D eigenvalue weighted by Crippen LogP contribution is -2.35. The first kappa shape index (κ1) is 11.5. The highest BCUT2D eigenvalue weighted by molar-refractivity contribution is 5.30. The van der Waals surface area contributed by atoms with E-state index < -0.39 is 0 Å². The number of hydrogen-bond acceptors (Lipinski definition) is 3. The molecular formula is C12H21N3O. The van der Waals surface area contributed by atoms with Gasteiger partial charge in [-0.2, -0.15) is 5.10 Å². The number of ether oxygens (including phenoxy) is 1. The van der Waals surface area contributed by atoms with Crippen molar-refractivity contribution in [3.63, 3.8) is 0 Å². The number of nitrogens with zero attached hydrogens (tertiary/aromatic N) is 2. The van der Waals surface area contributed by atoms with Crippen molar-refractivity contribution in [3.05, 3.63) is 11.9 Å². The topological polar surface area (TPSA) is 39.1 Å². The summed E-state index contributed by atoms with van der Waals surface area (Å²) in [5, 5.41) is 7.84. The molecule has 1 aliphatic heterocycles. The van der Waals surface area contributed by atoms with Crippen molar-refractivity contribution >= 4 is 0 Å². The number of aryl methyl sites for hydroxylation is 1. The molecule has 2 heterocycles. The van der Waals surface area contributed by atoms with Gasteiger partial charge in [0.25, 0.3) is 0 Å². The van der Waals surface area contributed by atoms with Crippen LogP contribution >= 0.6 is 0 Å². The third kappa shape index (κ3) is 1.94. The van der Waals surface area contributed by atoms with E-state index in [9.17, 15) is 0 Å². The quantitative estimate of drug-likeness (QED) is 0.846. The standard InChI is InChI=1S/C12H21N3O/c1-4-15-12(11(16-3)8-14-15)10-7-13-6-5-9(10)2/h8-10,13H,4-7H2,1-3H3. The lowest BCUT2D eigenvalue weighted by molar-refractivity contribution is 0.318. The minimum absolute atomic E-state index is 0.520. The third-order valence-corrected chi connectivity index (χ3v) is 3.54. The monoisotopic (exact) mass is 223 g/mol. The average molecular weight is 223 g/mol. The van der Waals surface area contributed by atoms with Crippen LogP contribution in [0.1, 0.15) is 31.9 Å². The van der Waals surface area contributed by atoms with Gasteiger partial charge in [0.2, 0.25) is 0 Å². The first-order chi connectivity index (χ1) is 7.77. The SMILES string of the molecule is CCn1ncc(OC)c1C1CNCCC1C. The largest absolute Gasteiger partial charge is 0.493 e. The molecule has 1 N–H and O–H groups in total. The number of nitrogens with one attached hydrogen (secondary N) is 1. The molecule has 2 atom stereocenters. The van der Waals surface area contributed by atoms with Crippen LogP contribution in [0.2, 0.25) is 0 Å². The second-order valence-corrected chi connectivity index (χ2v) is 4.49. The maximum Gasteiger partial charge on any atom is 0.160 e. The van der Waals surface area contributed by atoms with Gasteiger partial charge in [-0.15, -0.1) is 0 Å². The van der Waals surface area contributed by atoms with Gasteiger partial charge in [0.1, 0.15) is 0 Å². The Bertz CT molecular complexity index is 327. The van der Waals surface area contributed by atoms with Gasteiger partial charge in [0, 0.05) is 19.0 Å². The Morgan fingerprint density at radius 2 is 2.44 bits per heavy atom. The Morgan fingerprint density at radius 1 is 1.62 bits per heavy atom.